The molecule has 1 aliphatic rings. The number of unbranched alkanes of at least 4 members (excludes halogenated alkanes) is 1. The number of carboxylic acids is 1. The van der Waals surface area contributed by atoms with E-state index in [0.29, 0.717) is 25.9 Å². The smallest absolute Gasteiger partial charge is 0.320 e. The molecule has 0 amide bonds. The summed E-state index contributed by atoms with van der Waals surface area (Å²) in [6.45, 7) is 2.70. The van der Waals surface area contributed by atoms with Crippen molar-refractivity contribution >= 4 is 11.8 Å². The Morgan fingerprint density at radius 2 is 2.12 bits per heavy atom. The predicted octanol–water partition coefficient (Wildman–Crippen LogP) is 2.23. The summed E-state index contributed by atoms with van der Waals surface area (Å²) in [5.41, 5.74) is 7.96. The number of carboxylic acid groups (broad SMARTS) is 1. The van der Waals surface area contributed by atoms with Crippen molar-refractivity contribution in [3.8, 4) is 0 Å². The highest BCUT2D eigenvalue weighted by atomic mass is 19.1. The highest BCUT2D eigenvalue weighted by molar-refractivity contribution is 5.72. The average Bonchev–Trinajstić information content (AvgIpc) is 2.66. The molecule has 7 heteroatoms. The van der Waals surface area contributed by atoms with Crippen LogP contribution in [0.4, 0.5) is 10.2 Å². The molecule has 6 nitrogen and oxygen atoms in total. The van der Waals surface area contributed by atoms with E-state index in [-0.39, 0.29) is 6.67 Å². The fourth-order valence-electron chi connectivity index (χ4n) is 3.21. The number of halogens is 1. The number of hydrogen-bond acceptors (Lipinski definition) is 5. The second kappa shape index (κ2) is 11.1. The number of aromatic nitrogens is 1. The number of carbonyl (C=O) groups is 1. The molecule has 1 aromatic rings. The van der Waals surface area contributed by atoms with Crippen molar-refractivity contribution in [1.29, 1.82) is 0 Å². The highest BCUT2D eigenvalue weighted by Gasteiger charge is 2.14. The minimum atomic E-state index is -0.984. The molecule has 0 unspecified atom stereocenters. The zero-order valence-corrected chi connectivity index (χ0v) is 15.4. The monoisotopic (exact) mass is 366 g/mol. The van der Waals surface area contributed by atoms with E-state index >= 15 is 0 Å². The number of nitrogens with one attached hydrogen (secondary N) is 1. The lowest BCUT2D eigenvalue weighted by Crippen LogP contribution is -2.36. The topological polar surface area (TPSA) is 91.5 Å². The molecule has 1 aliphatic heterocycles. The maximum atomic E-state index is 12.5. The fourth-order valence-corrected chi connectivity index (χ4v) is 3.21. The molecule has 0 radical (unpaired) electrons. The number of aliphatic carboxylic acids is 1. The van der Waals surface area contributed by atoms with Gasteiger partial charge in [0.15, 0.2) is 0 Å². The van der Waals surface area contributed by atoms with Crippen LogP contribution in [0, 0.1) is 0 Å². The summed E-state index contributed by atoms with van der Waals surface area (Å²) in [5, 5.41) is 12.2. The maximum absolute atomic E-state index is 12.5. The molecule has 0 bridgehead atoms. The fraction of sp³-hybridized carbons (Fsp3) is 0.684. The van der Waals surface area contributed by atoms with Crippen LogP contribution in [0.3, 0.4) is 0 Å². The van der Waals surface area contributed by atoms with Gasteiger partial charge >= 0.3 is 5.97 Å². The van der Waals surface area contributed by atoms with Crippen LogP contribution in [0.2, 0.25) is 0 Å². The Labute approximate surface area is 155 Å². The minimum Gasteiger partial charge on any atom is -0.480 e. The number of fused-ring (bicyclic) bond motifs is 1. The van der Waals surface area contributed by atoms with Gasteiger partial charge in [0.1, 0.15) is 11.9 Å². The van der Waals surface area contributed by atoms with Crippen molar-refractivity contribution in [3.63, 3.8) is 0 Å². The molecule has 2 heterocycles. The van der Waals surface area contributed by atoms with E-state index in [0.717, 1.165) is 56.7 Å². The average molecular weight is 366 g/mol. The second-order valence-electron chi connectivity index (χ2n) is 6.92. The lowest BCUT2D eigenvalue weighted by atomic mass is 10.1. The number of rotatable bonds is 12. The first-order valence-electron chi connectivity index (χ1n) is 9.59. The number of nitrogens with two attached hydrogens (primary N) is 1. The van der Waals surface area contributed by atoms with E-state index in [1.807, 2.05) is 0 Å². The number of alkyl halides is 1. The molecule has 0 aromatic carbocycles. The van der Waals surface area contributed by atoms with Gasteiger partial charge in [0.25, 0.3) is 0 Å². The first-order chi connectivity index (χ1) is 12.6. The third kappa shape index (κ3) is 6.88. The summed E-state index contributed by atoms with van der Waals surface area (Å²) in [7, 11) is 0. The molecule has 4 N–H and O–H groups in total. The molecule has 2 rings (SSSR count). The Bertz CT molecular complexity index is 570. The van der Waals surface area contributed by atoms with Gasteiger partial charge < -0.3 is 21.1 Å². The van der Waals surface area contributed by atoms with Crippen LogP contribution in [-0.2, 0) is 17.6 Å². The predicted molar refractivity (Wildman–Crippen MR) is 101 cm³/mol. The molecule has 0 saturated carbocycles. The molecule has 146 valence electrons. The summed E-state index contributed by atoms with van der Waals surface area (Å²) in [4.78, 5) is 17.6. The van der Waals surface area contributed by atoms with Crippen molar-refractivity contribution < 1.29 is 14.3 Å². The molecule has 0 aliphatic carbocycles. The number of aryl methyl sites for hydroxylation is 2. The zero-order chi connectivity index (χ0) is 18.8. The first kappa shape index (κ1) is 20.6. The van der Waals surface area contributed by atoms with Gasteiger partial charge in [-0.2, -0.15) is 0 Å². The number of pyridine rings is 1. The Morgan fingerprint density at radius 1 is 1.31 bits per heavy atom. The quantitative estimate of drug-likeness (QED) is 0.491. The largest absolute Gasteiger partial charge is 0.480 e. The minimum absolute atomic E-state index is 0.354. The lowest BCUT2D eigenvalue weighted by Gasteiger charge is -2.22. The van der Waals surface area contributed by atoms with Gasteiger partial charge in [-0.3, -0.25) is 9.18 Å². The van der Waals surface area contributed by atoms with Crippen molar-refractivity contribution in [2.45, 2.75) is 51.0 Å². The van der Waals surface area contributed by atoms with E-state index in [4.69, 9.17) is 15.8 Å². The molecule has 1 atom stereocenters. The Hall–Kier alpha value is -1.73. The van der Waals surface area contributed by atoms with Crippen LogP contribution < -0.4 is 11.1 Å². The van der Waals surface area contributed by atoms with Gasteiger partial charge in [-0.05, 0) is 63.1 Å². The van der Waals surface area contributed by atoms with Crippen LogP contribution in [-0.4, -0.2) is 59.9 Å². The zero-order valence-electron chi connectivity index (χ0n) is 15.4. The summed E-state index contributed by atoms with van der Waals surface area (Å²) in [6.07, 6.45) is 6.01. The van der Waals surface area contributed by atoms with Crippen LogP contribution in [0.1, 0.15) is 43.4 Å². The summed E-state index contributed by atoms with van der Waals surface area (Å²) in [6, 6.07) is 3.43. The normalized spacial score (nSPS) is 14.7. The molecule has 1 aromatic heterocycles. The molecule has 0 spiro atoms. The van der Waals surface area contributed by atoms with Crippen molar-refractivity contribution in [2.24, 2.45) is 5.73 Å². The number of anilines is 1. The number of nitrogens with zero attached hydrogens (tertiary/aromatic N) is 2. The molecule has 26 heavy (non-hydrogen) atoms. The van der Waals surface area contributed by atoms with Crippen LogP contribution >= 0.6 is 0 Å². The lowest BCUT2D eigenvalue weighted by molar-refractivity contribution is -0.138. The standard InChI is InChI=1S/C19H31FN4O2/c20-10-4-13-24(14-9-17(21)19(25)26)12-2-1-6-16-8-7-15-5-3-11-22-18(15)23-16/h7-8,17H,1-6,9-14,21H2,(H,22,23)(H,25,26)/t17-/m0/s1. The van der Waals surface area contributed by atoms with Gasteiger partial charge in [-0.25, -0.2) is 4.98 Å². The van der Waals surface area contributed by atoms with E-state index in [2.05, 4.69) is 22.3 Å². The van der Waals surface area contributed by atoms with Gasteiger partial charge in [0.05, 0.1) is 6.67 Å². The molecular formula is C19H31FN4O2. The Kier molecular flexibility index (Phi) is 8.77. The first-order valence-corrected chi connectivity index (χ1v) is 9.59. The second-order valence-corrected chi connectivity index (χ2v) is 6.92. The van der Waals surface area contributed by atoms with Gasteiger partial charge in [0, 0.05) is 25.3 Å². The maximum Gasteiger partial charge on any atom is 0.320 e. The van der Waals surface area contributed by atoms with E-state index < -0.39 is 12.0 Å². The van der Waals surface area contributed by atoms with Gasteiger partial charge in [0.2, 0.25) is 0 Å². The van der Waals surface area contributed by atoms with Crippen molar-refractivity contribution in [2.75, 3.05) is 38.2 Å². The Morgan fingerprint density at radius 3 is 2.88 bits per heavy atom. The Balaban J connectivity index is 1.73. The highest BCUT2D eigenvalue weighted by Crippen LogP contribution is 2.20. The van der Waals surface area contributed by atoms with Crippen LogP contribution in [0.5, 0.6) is 0 Å². The van der Waals surface area contributed by atoms with Crippen LogP contribution in [0.25, 0.3) is 0 Å². The van der Waals surface area contributed by atoms with E-state index in [1.165, 1.54) is 5.56 Å². The summed E-state index contributed by atoms with van der Waals surface area (Å²) in [5.74, 6) is 0.0449. The summed E-state index contributed by atoms with van der Waals surface area (Å²) >= 11 is 0. The number of hydrogen-bond donors (Lipinski definition) is 3. The third-order valence-electron chi connectivity index (χ3n) is 4.79. The molecule has 0 saturated heterocycles. The van der Waals surface area contributed by atoms with Crippen molar-refractivity contribution in [1.82, 2.24) is 9.88 Å². The van der Waals surface area contributed by atoms with E-state index in [1.54, 1.807) is 0 Å². The summed E-state index contributed by atoms with van der Waals surface area (Å²) < 4.78 is 12.5. The van der Waals surface area contributed by atoms with Gasteiger partial charge in [-0.15, -0.1) is 0 Å². The van der Waals surface area contributed by atoms with Crippen LogP contribution in [0.15, 0.2) is 12.1 Å². The van der Waals surface area contributed by atoms with Gasteiger partial charge in [-0.1, -0.05) is 6.07 Å². The molecule has 0 fully saturated rings. The van der Waals surface area contributed by atoms with Crippen molar-refractivity contribution in [3.05, 3.63) is 23.4 Å². The molecular weight excluding hydrogens is 335 g/mol. The SMILES string of the molecule is N[C@@H](CCN(CCCF)CCCCc1ccc2c(n1)NCCC2)C(=O)O. The van der Waals surface area contributed by atoms with E-state index in [9.17, 15) is 9.18 Å². The third-order valence-corrected chi connectivity index (χ3v) is 4.79.